The number of fused-ring (bicyclic) bond motifs is 1. The van der Waals surface area contributed by atoms with Gasteiger partial charge in [0.05, 0.1) is 16.7 Å². The van der Waals surface area contributed by atoms with Gasteiger partial charge in [-0.1, -0.05) is 0 Å². The maximum absolute atomic E-state index is 10.4. The fraction of sp³-hybridized carbons (Fsp3) is 0.400. The van der Waals surface area contributed by atoms with Crippen molar-refractivity contribution in [2.45, 2.75) is 45.2 Å². The van der Waals surface area contributed by atoms with E-state index in [0.29, 0.717) is 23.0 Å². The van der Waals surface area contributed by atoms with Crippen LogP contribution in [0, 0.1) is 0 Å². The largest absolute Gasteiger partial charge is 0.507 e. The van der Waals surface area contributed by atoms with Gasteiger partial charge < -0.3 is 21.1 Å². The lowest BCUT2D eigenvalue weighted by Gasteiger charge is -2.36. The maximum Gasteiger partial charge on any atom is 0.129 e. The zero-order valence-electron chi connectivity index (χ0n) is 19.3. The zero-order valence-corrected chi connectivity index (χ0v) is 19.3. The van der Waals surface area contributed by atoms with Gasteiger partial charge in [-0.15, -0.1) is 0 Å². The maximum atomic E-state index is 10.4. The van der Waals surface area contributed by atoms with Crippen LogP contribution >= 0.6 is 0 Å². The van der Waals surface area contributed by atoms with Gasteiger partial charge in [0.1, 0.15) is 11.6 Å². The highest BCUT2D eigenvalue weighted by Crippen LogP contribution is 2.33. The normalized spacial score (nSPS) is 15.7. The molecule has 0 bridgehead atoms. The minimum absolute atomic E-state index is 0.0962. The molecule has 0 spiro atoms. The molecule has 32 heavy (non-hydrogen) atoms. The molecule has 7 heteroatoms. The summed E-state index contributed by atoms with van der Waals surface area (Å²) in [4.78, 5) is 16.0. The number of rotatable bonds is 4. The van der Waals surface area contributed by atoms with Gasteiger partial charge in [0.25, 0.3) is 0 Å². The van der Waals surface area contributed by atoms with Crippen molar-refractivity contribution >= 4 is 28.8 Å². The molecule has 0 unspecified atom stereocenters. The van der Waals surface area contributed by atoms with E-state index in [9.17, 15) is 5.11 Å². The van der Waals surface area contributed by atoms with E-state index in [1.807, 2.05) is 30.3 Å². The SMILES string of the molecule is CN=Cc1cc(-c2ccc3nc(N4CCC(NC(C)(C)C)CC4)ccc3n2)c(O)cc1N. The van der Waals surface area contributed by atoms with Crippen LogP contribution in [0.3, 0.4) is 0 Å². The van der Waals surface area contributed by atoms with Crippen LogP contribution in [0.15, 0.2) is 41.4 Å². The number of benzene rings is 1. The summed E-state index contributed by atoms with van der Waals surface area (Å²) in [6.07, 6.45) is 3.88. The molecule has 4 rings (SSSR count). The van der Waals surface area contributed by atoms with Gasteiger partial charge in [-0.05, 0) is 63.9 Å². The number of phenols is 1. The van der Waals surface area contributed by atoms with E-state index in [1.165, 1.54) is 6.07 Å². The first-order valence-corrected chi connectivity index (χ1v) is 11.1. The van der Waals surface area contributed by atoms with E-state index in [2.05, 4.69) is 36.0 Å². The van der Waals surface area contributed by atoms with Crippen LogP contribution in [0.25, 0.3) is 22.3 Å². The van der Waals surface area contributed by atoms with Crippen molar-refractivity contribution < 1.29 is 5.11 Å². The van der Waals surface area contributed by atoms with Gasteiger partial charge in [-0.2, -0.15) is 0 Å². The number of nitrogens with zero attached hydrogens (tertiary/aromatic N) is 4. The Balaban J connectivity index is 1.56. The highest BCUT2D eigenvalue weighted by molar-refractivity contribution is 5.91. The zero-order chi connectivity index (χ0) is 22.9. The number of anilines is 2. The molecule has 0 atom stereocenters. The number of aromatic nitrogens is 2. The van der Waals surface area contributed by atoms with Crippen LogP contribution in [-0.4, -0.2) is 53.0 Å². The summed E-state index contributed by atoms with van der Waals surface area (Å²) in [6, 6.07) is 11.8. The highest BCUT2D eigenvalue weighted by atomic mass is 16.3. The number of nitrogens with two attached hydrogens (primary N) is 1. The Morgan fingerprint density at radius 2 is 1.78 bits per heavy atom. The van der Waals surface area contributed by atoms with Crippen LogP contribution in [0.2, 0.25) is 0 Å². The number of nitrogens with one attached hydrogen (secondary N) is 1. The second-order valence-electron chi connectivity index (χ2n) is 9.45. The number of nitrogen functional groups attached to an aromatic ring is 1. The van der Waals surface area contributed by atoms with Crippen molar-refractivity contribution in [3.63, 3.8) is 0 Å². The van der Waals surface area contributed by atoms with E-state index in [-0.39, 0.29) is 11.3 Å². The third kappa shape index (κ3) is 4.83. The predicted octanol–water partition coefficient (Wildman–Crippen LogP) is 3.99. The lowest BCUT2D eigenvalue weighted by Crippen LogP contribution is -2.49. The predicted molar refractivity (Wildman–Crippen MR) is 133 cm³/mol. The molecule has 1 aliphatic rings. The molecule has 0 amide bonds. The van der Waals surface area contributed by atoms with Crippen molar-refractivity contribution in [3.05, 3.63) is 42.0 Å². The van der Waals surface area contributed by atoms with E-state index < -0.39 is 0 Å². The summed E-state index contributed by atoms with van der Waals surface area (Å²) in [5.74, 6) is 1.08. The molecule has 1 saturated heterocycles. The van der Waals surface area contributed by atoms with Crippen molar-refractivity contribution in [2.24, 2.45) is 4.99 Å². The van der Waals surface area contributed by atoms with Crippen molar-refractivity contribution in [3.8, 4) is 17.0 Å². The topological polar surface area (TPSA) is 99.7 Å². The molecule has 3 heterocycles. The lowest BCUT2D eigenvalue weighted by molar-refractivity contribution is 0.316. The molecule has 1 aliphatic heterocycles. The number of piperidine rings is 1. The minimum Gasteiger partial charge on any atom is -0.507 e. The van der Waals surface area contributed by atoms with E-state index in [4.69, 9.17) is 15.7 Å². The molecule has 1 fully saturated rings. The number of hydrogen-bond acceptors (Lipinski definition) is 7. The van der Waals surface area contributed by atoms with Crippen LogP contribution in [0.5, 0.6) is 5.75 Å². The Bertz CT molecular complexity index is 1140. The lowest BCUT2D eigenvalue weighted by atomic mass is 10.00. The van der Waals surface area contributed by atoms with Crippen molar-refractivity contribution in [1.29, 1.82) is 0 Å². The fourth-order valence-electron chi connectivity index (χ4n) is 4.27. The van der Waals surface area contributed by atoms with E-state index >= 15 is 0 Å². The third-order valence-corrected chi connectivity index (χ3v) is 5.73. The molecule has 2 aromatic heterocycles. The third-order valence-electron chi connectivity index (χ3n) is 5.73. The first kappa shape index (κ1) is 22.0. The summed E-state index contributed by atoms with van der Waals surface area (Å²) in [5, 5.41) is 14.1. The van der Waals surface area contributed by atoms with Crippen molar-refractivity contribution in [1.82, 2.24) is 15.3 Å². The first-order chi connectivity index (χ1) is 15.2. The molecular formula is C25H32N6O. The van der Waals surface area contributed by atoms with Crippen LogP contribution in [0.1, 0.15) is 39.2 Å². The standard InChI is InChI=1S/C25H32N6O/c1-25(2,3)30-17-9-11-31(12-10-17)24-8-7-21-22(29-24)6-5-20(28-21)18-13-16(15-27-4)19(26)14-23(18)32/h5-8,13-15,17,30,32H,9-12,26H2,1-4H3. The smallest absolute Gasteiger partial charge is 0.129 e. The van der Waals surface area contributed by atoms with Crippen LogP contribution in [-0.2, 0) is 0 Å². The average molecular weight is 433 g/mol. The Labute approximate surface area is 189 Å². The molecule has 3 aromatic rings. The molecule has 0 saturated carbocycles. The number of phenolic OH excluding ortho intramolecular Hbond substituents is 1. The van der Waals surface area contributed by atoms with Crippen molar-refractivity contribution in [2.75, 3.05) is 30.8 Å². The second kappa shape index (κ2) is 8.74. The number of aliphatic imine (C=N–C) groups is 1. The van der Waals surface area contributed by atoms with Gasteiger partial charge >= 0.3 is 0 Å². The summed E-state index contributed by atoms with van der Waals surface area (Å²) in [5.41, 5.74) is 10.3. The Hall–Kier alpha value is -3.19. The molecule has 168 valence electrons. The van der Waals surface area contributed by atoms with E-state index in [0.717, 1.165) is 48.3 Å². The average Bonchev–Trinajstić information content (AvgIpc) is 2.74. The second-order valence-corrected chi connectivity index (χ2v) is 9.45. The highest BCUT2D eigenvalue weighted by Gasteiger charge is 2.23. The number of pyridine rings is 2. The molecule has 1 aromatic carbocycles. The molecule has 4 N–H and O–H groups in total. The number of hydrogen-bond donors (Lipinski definition) is 3. The first-order valence-electron chi connectivity index (χ1n) is 11.1. The Morgan fingerprint density at radius 3 is 2.47 bits per heavy atom. The quantitative estimate of drug-likeness (QED) is 0.426. The van der Waals surface area contributed by atoms with Crippen LogP contribution in [0.4, 0.5) is 11.5 Å². The summed E-state index contributed by atoms with van der Waals surface area (Å²) in [7, 11) is 1.69. The summed E-state index contributed by atoms with van der Waals surface area (Å²) in [6.45, 7) is 8.62. The minimum atomic E-state index is 0.0962. The van der Waals surface area contributed by atoms with Crippen LogP contribution < -0.4 is 16.0 Å². The van der Waals surface area contributed by atoms with Gasteiger partial charge in [-0.3, -0.25) is 4.99 Å². The summed E-state index contributed by atoms with van der Waals surface area (Å²) < 4.78 is 0. The van der Waals surface area contributed by atoms with E-state index in [1.54, 1.807) is 13.3 Å². The summed E-state index contributed by atoms with van der Waals surface area (Å²) >= 11 is 0. The van der Waals surface area contributed by atoms with Gasteiger partial charge in [-0.25, -0.2) is 9.97 Å². The molecule has 0 aliphatic carbocycles. The Kier molecular flexibility index (Phi) is 6.02. The Morgan fingerprint density at radius 1 is 1.09 bits per heavy atom. The molecule has 0 radical (unpaired) electrons. The van der Waals surface area contributed by atoms with Gasteiger partial charge in [0, 0.05) is 60.8 Å². The monoisotopic (exact) mass is 432 g/mol. The molecule has 7 nitrogen and oxygen atoms in total. The van der Waals surface area contributed by atoms with Gasteiger partial charge in [0.15, 0.2) is 0 Å². The molecular weight excluding hydrogens is 400 g/mol. The van der Waals surface area contributed by atoms with Gasteiger partial charge in [0.2, 0.25) is 0 Å². The fourth-order valence-corrected chi connectivity index (χ4v) is 4.27. The number of aromatic hydroxyl groups is 1.